The van der Waals surface area contributed by atoms with Crippen molar-refractivity contribution in [2.75, 3.05) is 13.1 Å². The summed E-state index contributed by atoms with van der Waals surface area (Å²) in [5.41, 5.74) is 0.325. The fraction of sp³-hybridized carbons (Fsp3) is 0.556. The molecule has 1 aliphatic heterocycles. The average Bonchev–Trinajstić information content (AvgIpc) is 2.52. The Morgan fingerprint density at radius 1 is 1.05 bits per heavy atom. The van der Waals surface area contributed by atoms with Gasteiger partial charge in [-0.05, 0) is 24.8 Å². The van der Waals surface area contributed by atoms with Crippen LogP contribution in [0.15, 0.2) is 30.3 Å². The Morgan fingerprint density at radius 3 is 2.18 bits per heavy atom. The molecule has 1 heterocycles. The summed E-state index contributed by atoms with van der Waals surface area (Å²) < 4.78 is 0. The SMILES string of the molecule is CC(C)(C)C(=O)N[C@H](C(=O)N1CCCCC1)c1ccccc1. The second kappa shape index (κ2) is 6.95. The van der Waals surface area contributed by atoms with E-state index in [-0.39, 0.29) is 11.8 Å². The number of amides is 2. The quantitative estimate of drug-likeness (QED) is 0.933. The first kappa shape index (κ1) is 16.5. The highest BCUT2D eigenvalue weighted by atomic mass is 16.2. The Bertz CT molecular complexity index is 514. The number of benzene rings is 1. The van der Waals surface area contributed by atoms with E-state index >= 15 is 0 Å². The van der Waals surface area contributed by atoms with Crippen LogP contribution >= 0.6 is 0 Å². The zero-order chi connectivity index (χ0) is 16.2. The van der Waals surface area contributed by atoms with E-state index in [2.05, 4.69) is 5.32 Å². The highest BCUT2D eigenvalue weighted by molar-refractivity contribution is 5.90. The Balaban J connectivity index is 2.21. The van der Waals surface area contributed by atoms with E-state index < -0.39 is 11.5 Å². The molecule has 0 aliphatic carbocycles. The second-order valence-electron chi connectivity index (χ2n) is 6.95. The lowest BCUT2D eigenvalue weighted by Gasteiger charge is -2.32. The molecule has 2 rings (SSSR count). The number of hydrogen-bond donors (Lipinski definition) is 1. The van der Waals surface area contributed by atoms with Gasteiger partial charge in [-0.3, -0.25) is 9.59 Å². The highest BCUT2D eigenvalue weighted by Gasteiger charge is 2.31. The van der Waals surface area contributed by atoms with Crippen LogP contribution in [-0.2, 0) is 9.59 Å². The van der Waals surface area contributed by atoms with Gasteiger partial charge < -0.3 is 10.2 Å². The number of piperidine rings is 1. The zero-order valence-electron chi connectivity index (χ0n) is 13.8. The van der Waals surface area contributed by atoms with Gasteiger partial charge in [0.2, 0.25) is 11.8 Å². The average molecular weight is 302 g/mol. The second-order valence-corrected chi connectivity index (χ2v) is 6.95. The molecule has 1 fully saturated rings. The van der Waals surface area contributed by atoms with Crippen molar-refractivity contribution in [1.29, 1.82) is 0 Å². The van der Waals surface area contributed by atoms with Crippen molar-refractivity contribution in [2.45, 2.75) is 46.1 Å². The van der Waals surface area contributed by atoms with Crippen molar-refractivity contribution in [3.05, 3.63) is 35.9 Å². The molecule has 4 nitrogen and oxygen atoms in total. The van der Waals surface area contributed by atoms with Gasteiger partial charge in [-0.25, -0.2) is 0 Å². The molecule has 0 bridgehead atoms. The minimum absolute atomic E-state index is 0.00324. The number of rotatable bonds is 3. The molecule has 4 heteroatoms. The monoisotopic (exact) mass is 302 g/mol. The standard InChI is InChI=1S/C18H26N2O2/c1-18(2,3)17(22)19-15(14-10-6-4-7-11-14)16(21)20-12-8-5-9-13-20/h4,6-7,10-11,15H,5,8-9,12-13H2,1-3H3,(H,19,22)/t15-/m0/s1. The summed E-state index contributed by atoms with van der Waals surface area (Å²) in [5.74, 6) is -0.102. The first-order valence-corrected chi connectivity index (χ1v) is 8.04. The Kier molecular flexibility index (Phi) is 5.22. The molecule has 120 valence electrons. The number of hydrogen-bond acceptors (Lipinski definition) is 2. The van der Waals surface area contributed by atoms with Gasteiger partial charge in [0.15, 0.2) is 0 Å². The van der Waals surface area contributed by atoms with E-state index in [1.54, 1.807) is 0 Å². The molecule has 1 aromatic rings. The lowest BCUT2D eigenvalue weighted by atomic mass is 9.94. The highest BCUT2D eigenvalue weighted by Crippen LogP contribution is 2.22. The third-order valence-corrected chi connectivity index (χ3v) is 4.00. The van der Waals surface area contributed by atoms with Crippen LogP contribution in [0, 0.1) is 5.41 Å². The first-order chi connectivity index (χ1) is 10.4. The van der Waals surface area contributed by atoms with Crippen molar-refractivity contribution in [3.63, 3.8) is 0 Å². The Hall–Kier alpha value is -1.84. The first-order valence-electron chi connectivity index (χ1n) is 8.04. The van der Waals surface area contributed by atoms with Crippen LogP contribution in [0.3, 0.4) is 0 Å². The van der Waals surface area contributed by atoms with E-state index in [9.17, 15) is 9.59 Å². The van der Waals surface area contributed by atoms with E-state index in [4.69, 9.17) is 0 Å². The van der Waals surface area contributed by atoms with Gasteiger partial charge in [0.1, 0.15) is 6.04 Å². The van der Waals surface area contributed by atoms with E-state index in [1.165, 1.54) is 6.42 Å². The third-order valence-electron chi connectivity index (χ3n) is 4.00. The fourth-order valence-electron chi connectivity index (χ4n) is 2.58. The van der Waals surface area contributed by atoms with Crippen LogP contribution in [0.4, 0.5) is 0 Å². The number of likely N-dealkylation sites (tertiary alicyclic amines) is 1. The molecule has 0 unspecified atom stereocenters. The van der Waals surface area contributed by atoms with Gasteiger partial charge >= 0.3 is 0 Å². The smallest absolute Gasteiger partial charge is 0.249 e. The van der Waals surface area contributed by atoms with E-state index in [0.29, 0.717) is 0 Å². The predicted molar refractivity (Wildman–Crippen MR) is 87.2 cm³/mol. The minimum atomic E-state index is -0.592. The predicted octanol–water partition coefficient (Wildman–Crippen LogP) is 2.90. The van der Waals surface area contributed by atoms with Gasteiger partial charge in [-0.1, -0.05) is 51.1 Å². The summed E-state index contributed by atoms with van der Waals surface area (Å²) >= 11 is 0. The van der Waals surface area contributed by atoms with Gasteiger partial charge in [-0.2, -0.15) is 0 Å². The molecule has 1 aliphatic rings. The van der Waals surface area contributed by atoms with Crippen LogP contribution in [-0.4, -0.2) is 29.8 Å². The minimum Gasteiger partial charge on any atom is -0.341 e. The van der Waals surface area contributed by atoms with Crippen molar-refractivity contribution >= 4 is 11.8 Å². The molecule has 1 aromatic carbocycles. The lowest BCUT2D eigenvalue weighted by Crippen LogP contribution is -2.47. The third kappa shape index (κ3) is 4.09. The normalized spacial score (nSPS) is 17.0. The summed E-state index contributed by atoms with van der Waals surface area (Å²) in [4.78, 5) is 27.1. The maximum Gasteiger partial charge on any atom is 0.249 e. The molecule has 0 radical (unpaired) electrons. The van der Waals surface area contributed by atoms with Crippen molar-refractivity contribution in [2.24, 2.45) is 5.41 Å². The summed E-state index contributed by atoms with van der Waals surface area (Å²) in [6.45, 7) is 7.14. The Morgan fingerprint density at radius 2 is 1.64 bits per heavy atom. The number of nitrogens with zero attached hydrogens (tertiary/aromatic N) is 1. The lowest BCUT2D eigenvalue weighted by molar-refractivity contribution is -0.139. The van der Waals surface area contributed by atoms with Crippen molar-refractivity contribution < 1.29 is 9.59 Å². The maximum atomic E-state index is 12.9. The maximum absolute atomic E-state index is 12.9. The molecular weight excluding hydrogens is 276 g/mol. The summed E-state index contributed by atoms with van der Waals surface area (Å²) in [5, 5.41) is 2.94. The number of carbonyl (C=O) groups excluding carboxylic acids is 2. The van der Waals surface area contributed by atoms with E-state index in [1.807, 2.05) is 56.0 Å². The van der Waals surface area contributed by atoms with Crippen molar-refractivity contribution in [1.82, 2.24) is 10.2 Å². The van der Waals surface area contributed by atoms with Gasteiger partial charge in [0, 0.05) is 18.5 Å². The zero-order valence-corrected chi connectivity index (χ0v) is 13.8. The van der Waals surface area contributed by atoms with Crippen LogP contribution in [0.2, 0.25) is 0 Å². The molecule has 1 N–H and O–H groups in total. The van der Waals surface area contributed by atoms with Gasteiger partial charge in [-0.15, -0.1) is 0 Å². The van der Waals surface area contributed by atoms with Gasteiger partial charge in [0.25, 0.3) is 0 Å². The molecule has 0 saturated carbocycles. The molecule has 0 aromatic heterocycles. The van der Waals surface area contributed by atoms with Gasteiger partial charge in [0.05, 0.1) is 0 Å². The number of carbonyl (C=O) groups is 2. The summed E-state index contributed by atoms with van der Waals surface area (Å²) in [6.07, 6.45) is 3.26. The van der Waals surface area contributed by atoms with E-state index in [0.717, 1.165) is 31.5 Å². The summed E-state index contributed by atoms with van der Waals surface area (Å²) in [6, 6.07) is 8.91. The fourth-order valence-corrected chi connectivity index (χ4v) is 2.58. The van der Waals surface area contributed by atoms with Crippen LogP contribution in [0.1, 0.15) is 51.6 Å². The van der Waals surface area contributed by atoms with Crippen LogP contribution in [0.25, 0.3) is 0 Å². The molecule has 22 heavy (non-hydrogen) atoms. The summed E-state index contributed by atoms with van der Waals surface area (Å²) in [7, 11) is 0. The van der Waals surface area contributed by atoms with Crippen molar-refractivity contribution in [3.8, 4) is 0 Å². The number of nitrogens with one attached hydrogen (secondary N) is 1. The topological polar surface area (TPSA) is 49.4 Å². The molecule has 2 amide bonds. The molecule has 0 spiro atoms. The van der Waals surface area contributed by atoms with Crippen LogP contribution in [0.5, 0.6) is 0 Å². The molecular formula is C18H26N2O2. The van der Waals surface area contributed by atoms with Crippen LogP contribution < -0.4 is 5.32 Å². The molecule has 1 saturated heterocycles. The largest absolute Gasteiger partial charge is 0.341 e. The Labute approximate surface area is 132 Å². The molecule has 1 atom stereocenters.